The summed E-state index contributed by atoms with van der Waals surface area (Å²) in [6.07, 6.45) is 1.52. The van der Waals surface area contributed by atoms with Gasteiger partial charge in [0.25, 0.3) is 0 Å². The third kappa shape index (κ3) is 3.17. The Morgan fingerprint density at radius 3 is 2.65 bits per heavy atom. The molecule has 0 spiro atoms. The number of carbonyl (C=O) groups excluding carboxylic acids is 3. The summed E-state index contributed by atoms with van der Waals surface area (Å²) < 4.78 is 5.08. The zero-order valence-corrected chi connectivity index (χ0v) is 11.3. The van der Waals surface area contributed by atoms with E-state index in [0.29, 0.717) is 25.4 Å². The number of rotatable bonds is 5. The Hall–Kier alpha value is -2.31. The Bertz CT molecular complexity index is 498. The van der Waals surface area contributed by atoms with Crippen molar-refractivity contribution >= 4 is 17.7 Å². The molecule has 7 heteroatoms. The molecule has 1 aromatic rings. The molecule has 1 fully saturated rings. The maximum Gasteiger partial charge on any atom is 0.312 e. The molecule has 0 unspecified atom stereocenters. The lowest BCUT2D eigenvalue weighted by Crippen LogP contribution is -2.56. The van der Waals surface area contributed by atoms with Crippen molar-refractivity contribution < 1.29 is 18.8 Å². The molecule has 0 bridgehead atoms. The smallest absolute Gasteiger partial charge is 0.312 e. The SMILES string of the molecule is CCN1CCN(CC(=O)NCc2ccco2)C(=O)C1=O. The van der Waals surface area contributed by atoms with E-state index in [9.17, 15) is 14.4 Å². The van der Waals surface area contributed by atoms with Crippen LogP contribution < -0.4 is 5.32 Å². The molecule has 20 heavy (non-hydrogen) atoms. The van der Waals surface area contributed by atoms with Crippen molar-refractivity contribution in [2.75, 3.05) is 26.2 Å². The third-order valence-corrected chi connectivity index (χ3v) is 3.15. The van der Waals surface area contributed by atoms with Gasteiger partial charge in [-0.3, -0.25) is 14.4 Å². The van der Waals surface area contributed by atoms with E-state index in [2.05, 4.69) is 5.32 Å². The zero-order chi connectivity index (χ0) is 14.5. The van der Waals surface area contributed by atoms with Crippen molar-refractivity contribution in [3.8, 4) is 0 Å². The Labute approximate surface area is 116 Å². The zero-order valence-electron chi connectivity index (χ0n) is 11.3. The minimum Gasteiger partial charge on any atom is -0.467 e. The van der Waals surface area contributed by atoms with Gasteiger partial charge < -0.3 is 19.5 Å². The highest BCUT2D eigenvalue weighted by Crippen LogP contribution is 2.04. The van der Waals surface area contributed by atoms with Gasteiger partial charge in [-0.25, -0.2) is 0 Å². The van der Waals surface area contributed by atoms with Crippen molar-refractivity contribution in [1.82, 2.24) is 15.1 Å². The molecule has 2 rings (SSSR count). The minimum atomic E-state index is -0.619. The normalized spacial score (nSPS) is 15.7. The van der Waals surface area contributed by atoms with Gasteiger partial charge in [-0.15, -0.1) is 0 Å². The molecule has 108 valence electrons. The lowest BCUT2D eigenvalue weighted by Gasteiger charge is -2.32. The van der Waals surface area contributed by atoms with Crippen LogP contribution in [-0.4, -0.2) is 53.7 Å². The second kappa shape index (κ2) is 6.23. The summed E-state index contributed by atoms with van der Waals surface area (Å²) in [7, 11) is 0. The molecule has 0 saturated carbocycles. The molecule has 1 aliphatic rings. The standard InChI is InChI=1S/C13H17N3O4/c1-2-15-5-6-16(13(19)12(15)18)9-11(17)14-8-10-4-3-7-20-10/h3-4,7H,2,5-6,8-9H2,1H3,(H,14,17). The topological polar surface area (TPSA) is 82.9 Å². The Morgan fingerprint density at radius 2 is 2.00 bits per heavy atom. The van der Waals surface area contributed by atoms with E-state index in [1.165, 1.54) is 16.1 Å². The van der Waals surface area contributed by atoms with E-state index in [-0.39, 0.29) is 19.0 Å². The Morgan fingerprint density at radius 1 is 1.30 bits per heavy atom. The second-order valence-corrected chi connectivity index (χ2v) is 4.47. The average Bonchev–Trinajstić information content (AvgIpc) is 2.95. The molecule has 3 amide bonds. The molecule has 0 radical (unpaired) electrons. The highest BCUT2D eigenvalue weighted by Gasteiger charge is 2.32. The molecule has 1 aromatic heterocycles. The lowest BCUT2D eigenvalue weighted by atomic mass is 10.3. The first-order chi connectivity index (χ1) is 9.61. The molecule has 0 atom stereocenters. The van der Waals surface area contributed by atoms with Crippen LogP contribution in [0.15, 0.2) is 22.8 Å². The fourth-order valence-corrected chi connectivity index (χ4v) is 2.00. The molecular weight excluding hydrogens is 262 g/mol. The Kier molecular flexibility index (Phi) is 4.39. The fourth-order valence-electron chi connectivity index (χ4n) is 2.00. The first-order valence-corrected chi connectivity index (χ1v) is 6.49. The molecule has 0 aromatic carbocycles. The lowest BCUT2D eigenvalue weighted by molar-refractivity contribution is -0.156. The summed E-state index contributed by atoms with van der Waals surface area (Å²) >= 11 is 0. The molecule has 7 nitrogen and oxygen atoms in total. The number of hydrogen-bond donors (Lipinski definition) is 1. The number of piperazine rings is 1. The van der Waals surface area contributed by atoms with Crippen molar-refractivity contribution in [2.24, 2.45) is 0 Å². The summed E-state index contributed by atoms with van der Waals surface area (Å²) in [6.45, 7) is 3.32. The van der Waals surface area contributed by atoms with Crippen LogP contribution in [0.3, 0.4) is 0 Å². The summed E-state index contributed by atoms with van der Waals surface area (Å²) in [5, 5.41) is 2.64. The number of nitrogens with zero attached hydrogens (tertiary/aromatic N) is 2. The van der Waals surface area contributed by atoms with E-state index >= 15 is 0 Å². The number of hydrogen-bond acceptors (Lipinski definition) is 4. The largest absolute Gasteiger partial charge is 0.467 e. The van der Waals surface area contributed by atoms with Crippen LogP contribution in [0.4, 0.5) is 0 Å². The van der Waals surface area contributed by atoms with Crippen molar-refractivity contribution in [3.05, 3.63) is 24.2 Å². The van der Waals surface area contributed by atoms with E-state index in [4.69, 9.17) is 4.42 Å². The van der Waals surface area contributed by atoms with Crippen LogP contribution in [0.25, 0.3) is 0 Å². The van der Waals surface area contributed by atoms with Crippen molar-refractivity contribution in [1.29, 1.82) is 0 Å². The van der Waals surface area contributed by atoms with Crippen molar-refractivity contribution in [3.63, 3.8) is 0 Å². The quantitative estimate of drug-likeness (QED) is 0.743. The van der Waals surface area contributed by atoms with Crippen molar-refractivity contribution in [2.45, 2.75) is 13.5 Å². The van der Waals surface area contributed by atoms with Gasteiger partial charge in [0.1, 0.15) is 12.3 Å². The molecule has 1 aliphatic heterocycles. The van der Waals surface area contributed by atoms with Crippen LogP contribution >= 0.6 is 0 Å². The minimum absolute atomic E-state index is 0.108. The summed E-state index contributed by atoms with van der Waals surface area (Å²) in [5.74, 6) is -0.840. The van der Waals surface area contributed by atoms with Gasteiger partial charge in [-0.2, -0.15) is 0 Å². The van der Waals surface area contributed by atoms with Gasteiger partial charge in [0.05, 0.1) is 12.8 Å². The monoisotopic (exact) mass is 279 g/mol. The fraction of sp³-hybridized carbons (Fsp3) is 0.462. The first-order valence-electron chi connectivity index (χ1n) is 6.49. The maximum absolute atomic E-state index is 11.8. The van der Waals surface area contributed by atoms with Gasteiger partial charge in [0.2, 0.25) is 5.91 Å². The predicted molar refractivity (Wildman–Crippen MR) is 69.4 cm³/mol. The Balaban J connectivity index is 1.82. The number of carbonyl (C=O) groups is 3. The molecule has 1 N–H and O–H groups in total. The molecule has 2 heterocycles. The van der Waals surface area contributed by atoms with Crippen LogP contribution in [0.5, 0.6) is 0 Å². The first kappa shape index (κ1) is 14.1. The van der Waals surface area contributed by atoms with Crippen LogP contribution in [-0.2, 0) is 20.9 Å². The average molecular weight is 279 g/mol. The molecule has 0 aliphatic carbocycles. The van der Waals surface area contributed by atoms with E-state index in [0.717, 1.165) is 0 Å². The van der Waals surface area contributed by atoms with Gasteiger partial charge in [-0.1, -0.05) is 0 Å². The number of furan rings is 1. The van der Waals surface area contributed by atoms with Crippen LogP contribution in [0, 0.1) is 0 Å². The van der Waals surface area contributed by atoms with E-state index in [1.807, 2.05) is 6.92 Å². The highest BCUT2D eigenvalue weighted by atomic mass is 16.3. The molecule has 1 saturated heterocycles. The summed E-state index contributed by atoms with van der Waals surface area (Å²) in [5.41, 5.74) is 0. The van der Waals surface area contributed by atoms with E-state index < -0.39 is 11.8 Å². The summed E-state index contributed by atoms with van der Waals surface area (Å²) in [4.78, 5) is 38.0. The van der Waals surface area contributed by atoms with Crippen LogP contribution in [0.1, 0.15) is 12.7 Å². The van der Waals surface area contributed by atoms with Gasteiger partial charge >= 0.3 is 11.8 Å². The second-order valence-electron chi connectivity index (χ2n) is 4.47. The summed E-state index contributed by atoms with van der Waals surface area (Å²) in [6, 6.07) is 3.47. The van der Waals surface area contributed by atoms with E-state index in [1.54, 1.807) is 12.1 Å². The predicted octanol–water partition coefficient (Wildman–Crippen LogP) is -0.413. The van der Waals surface area contributed by atoms with Gasteiger partial charge in [0.15, 0.2) is 0 Å². The van der Waals surface area contributed by atoms with Gasteiger partial charge in [-0.05, 0) is 19.1 Å². The highest BCUT2D eigenvalue weighted by molar-refractivity contribution is 6.35. The number of amides is 3. The van der Waals surface area contributed by atoms with Gasteiger partial charge in [0, 0.05) is 19.6 Å². The maximum atomic E-state index is 11.8. The third-order valence-electron chi connectivity index (χ3n) is 3.15. The van der Waals surface area contributed by atoms with Crippen LogP contribution in [0.2, 0.25) is 0 Å². The number of likely N-dealkylation sites (N-methyl/N-ethyl adjacent to an activating group) is 1. The number of nitrogens with one attached hydrogen (secondary N) is 1. The molecular formula is C13H17N3O4.